The quantitative estimate of drug-likeness (QED) is 0.861. The number of nitrogens with zero attached hydrogens (tertiary/aromatic N) is 1. The molecule has 2 atom stereocenters. The summed E-state index contributed by atoms with van der Waals surface area (Å²) in [6, 6.07) is 6.42. The number of H-pyrrole nitrogens is 1. The second-order valence-electron chi connectivity index (χ2n) is 6.93. The lowest BCUT2D eigenvalue weighted by Gasteiger charge is -2.31. The molecular formula is C19H24FN3O2. The Bertz CT molecular complexity index is 729. The smallest absolute Gasteiger partial charge is 0.224 e. The molecule has 5 nitrogen and oxygen atoms in total. The maximum atomic E-state index is 14.0. The highest BCUT2D eigenvalue weighted by Gasteiger charge is 2.26. The maximum Gasteiger partial charge on any atom is 0.224 e. The predicted molar refractivity (Wildman–Crippen MR) is 94.5 cm³/mol. The van der Waals surface area contributed by atoms with E-state index in [0.29, 0.717) is 41.8 Å². The molecule has 0 radical (unpaired) electrons. The average Bonchev–Trinajstić information content (AvgIpc) is 3.03. The average molecular weight is 345 g/mol. The molecule has 2 heterocycles. The van der Waals surface area contributed by atoms with Crippen LogP contribution in [0.15, 0.2) is 30.5 Å². The van der Waals surface area contributed by atoms with Gasteiger partial charge in [-0.2, -0.15) is 5.10 Å². The van der Waals surface area contributed by atoms with Crippen molar-refractivity contribution in [1.29, 1.82) is 0 Å². The molecule has 1 saturated heterocycles. The van der Waals surface area contributed by atoms with Crippen LogP contribution in [0.2, 0.25) is 0 Å². The van der Waals surface area contributed by atoms with Gasteiger partial charge in [0.2, 0.25) is 5.91 Å². The Labute approximate surface area is 147 Å². The fraction of sp³-hybridized carbons (Fsp3) is 0.474. The van der Waals surface area contributed by atoms with Gasteiger partial charge in [0.05, 0.1) is 23.7 Å². The van der Waals surface area contributed by atoms with Gasteiger partial charge in [0, 0.05) is 18.6 Å². The number of ether oxygens (including phenoxy) is 1. The number of anilines is 1. The first-order valence-corrected chi connectivity index (χ1v) is 8.74. The van der Waals surface area contributed by atoms with Gasteiger partial charge in [-0.05, 0) is 36.8 Å². The summed E-state index contributed by atoms with van der Waals surface area (Å²) in [7, 11) is 0. The van der Waals surface area contributed by atoms with Crippen molar-refractivity contribution in [3.8, 4) is 11.3 Å². The van der Waals surface area contributed by atoms with E-state index < -0.39 is 0 Å². The molecule has 2 aromatic rings. The second-order valence-corrected chi connectivity index (χ2v) is 6.93. The minimum atomic E-state index is -0.355. The summed E-state index contributed by atoms with van der Waals surface area (Å²) >= 11 is 0. The summed E-state index contributed by atoms with van der Waals surface area (Å²) in [5, 5.41) is 9.58. The molecule has 3 rings (SSSR count). The van der Waals surface area contributed by atoms with E-state index in [2.05, 4.69) is 29.4 Å². The Morgan fingerprint density at radius 3 is 3.00 bits per heavy atom. The first kappa shape index (κ1) is 17.6. The number of amides is 1. The van der Waals surface area contributed by atoms with Gasteiger partial charge in [-0.15, -0.1) is 0 Å². The van der Waals surface area contributed by atoms with Crippen molar-refractivity contribution in [3.63, 3.8) is 0 Å². The Kier molecular flexibility index (Phi) is 5.48. The Morgan fingerprint density at radius 1 is 1.44 bits per heavy atom. The van der Waals surface area contributed by atoms with E-state index in [0.717, 1.165) is 12.8 Å². The van der Waals surface area contributed by atoms with Gasteiger partial charge in [0.25, 0.3) is 0 Å². The highest BCUT2D eigenvalue weighted by molar-refractivity contribution is 5.94. The lowest BCUT2D eigenvalue weighted by molar-refractivity contribution is -0.118. The molecule has 0 spiro atoms. The van der Waals surface area contributed by atoms with Crippen LogP contribution in [0.25, 0.3) is 11.3 Å². The molecule has 6 heteroatoms. The van der Waals surface area contributed by atoms with Gasteiger partial charge >= 0.3 is 0 Å². The van der Waals surface area contributed by atoms with Crippen molar-refractivity contribution in [1.82, 2.24) is 10.2 Å². The minimum absolute atomic E-state index is 0.0756. The molecule has 0 aliphatic carbocycles. The number of halogens is 1. The summed E-state index contributed by atoms with van der Waals surface area (Å²) in [5.74, 6) is 0.331. The Balaban J connectivity index is 1.65. The van der Waals surface area contributed by atoms with E-state index in [-0.39, 0.29) is 17.8 Å². The molecule has 1 aromatic heterocycles. The van der Waals surface area contributed by atoms with Gasteiger partial charge in [0.1, 0.15) is 5.82 Å². The van der Waals surface area contributed by atoms with Crippen molar-refractivity contribution < 1.29 is 13.9 Å². The van der Waals surface area contributed by atoms with Crippen LogP contribution in [0.4, 0.5) is 10.1 Å². The Hall–Kier alpha value is -2.21. The fourth-order valence-electron chi connectivity index (χ4n) is 3.26. The van der Waals surface area contributed by atoms with Crippen molar-refractivity contribution in [2.75, 3.05) is 11.9 Å². The zero-order valence-electron chi connectivity index (χ0n) is 14.6. The fourth-order valence-corrected chi connectivity index (χ4v) is 3.26. The lowest BCUT2D eigenvalue weighted by Crippen LogP contribution is -2.31. The van der Waals surface area contributed by atoms with E-state index in [1.54, 1.807) is 18.2 Å². The molecular weight excluding hydrogens is 321 g/mol. The number of hydrogen-bond donors (Lipinski definition) is 2. The van der Waals surface area contributed by atoms with E-state index in [1.165, 1.54) is 12.3 Å². The van der Waals surface area contributed by atoms with Crippen LogP contribution < -0.4 is 5.32 Å². The predicted octanol–water partition coefficient (Wildman–Crippen LogP) is 4.00. The van der Waals surface area contributed by atoms with Crippen LogP contribution >= 0.6 is 0 Å². The van der Waals surface area contributed by atoms with Gasteiger partial charge in [0.15, 0.2) is 0 Å². The summed E-state index contributed by atoms with van der Waals surface area (Å²) < 4.78 is 19.7. The third-order valence-electron chi connectivity index (χ3n) is 4.70. The zero-order chi connectivity index (χ0) is 17.8. The number of rotatable bonds is 5. The largest absolute Gasteiger partial charge is 0.378 e. The summed E-state index contributed by atoms with van der Waals surface area (Å²) in [4.78, 5) is 12.4. The number of benzene rings is 1. The first-order chi connectivity index (χ1) is 12.0. The van der Waals surface area contributed by atoms with Crippen LogP contribution in [0.3, 0.4) is 0 Å². The van der Waals surface area contributed by atoms with Gasteiger partial charge in [-0.3, -0.25) is 9.89 Å². The van der Waals surface area contributed by atoms with Crippen LogP contribution in [0.1, 0.15) is 33.1 Å². The van der Waals surface area contributed by atoms with Crippen molar-refractivity contribution in [2.24, 2.45) is 11.8 Å². The summed E-state index contributed by atoms with van der Waals surface area (Å²) in [6.07, 6.45) is 3.96. The highest BCUT2D eigenvalue weighted by Crippen LogP contribution is 2.30. The second kappa shape index (κ2) is 7.78. The standard InChI is InChI=1S/C19H24FN3O2/c1-12(2)17-9-13(7-8-25-17)10-18(24)22-16-11-21-23-19(16)14-5-3-4-6-15(14)20/h3-6,11-13,17H,7-10H2,1-2H3,(H,21,23)(H,22,24)/t13-,17+/m1/s1. The van der Waals surface area contributed by atoms with Crippen molar-refractivity contribution >= 4 is 11.6 Å². The van der Waals surface area contributed by atoms with Gasteiger partial charge < -0.3 is 10.1 Å². The molecule has 1 amide bonds. The van der Waals surface area contributed by atoms with Crippen LogP contribution in [-0.4, -0.2) is 28.8 Å². The normalized spacial score (nSPS) is 20.6. The molecule has 134 valence electrons. The molecule has 2 N–H and O–H groups in total. The first-order valence-electron chi connectivity index (χ1n) is 8.74. The molecule has 1 fully saturated rings. The summed E-state index contributed by atoms with van der Waals surface area (Å²) in [6.45, 7) is 4.98. The Morgan fingerprint density at radius 2 is 2.24 bits per heavy atom. The number of nitrogens with one attached hydrogen (secondary N) is 2. The molecule has 25 heavy (non-hydrogen) atoms. The number of carbonyl (C=O) groups is 1. The van der Waals surface area contributed by atoms with Crippen LogP contribution in [0.5, 0.6) is 0 Å². The number of aromatic nitrogens is 2. The topological polar surface area (TPSA) is 67.0 Å². The van der Waals surface area contributed by atoms with E-state index >= 15 is 0 Å². The molecule has 1 aromatic carbocycles. The molecule has 0 bridgehead atoms. The highest BCUT2D eigenvalue weighted by atomic mass is 19.1. The van der Waals surface area contributed by atoms with Crippen LogP contribution in [-0.2, 0) is 9.53 Å². The molecule has 0 saturated carbocycles. The van der Waals surface area contributed by atoms with Crippen LogP contribution in [0, 0.1) is 17.7 Å². The molecule has 0 unspecified atom stereocenters. The number of aromatic amines is 1. The van der Waals surface area contributed by atoms with Crippen molar-refractivity contribution in [2.45, 2.75) is 39.2 Å². The molecule has 1 aliphatic rings. The number of carbonyl (C=O) groups excluding carboxylic acids is 1. The van der Waals surface area contributed by atoms with Gasteiger partial charge in [-0.1, -0.05) is 26.0 Å². The maximum absolute atomic E-state index is 14.0. The third-order valence-corrected chi connectivity index (χ3v) is 4.70. The van der Waals surface area contributed by atoms with Crippen molar-refractivity contribution in [3.05, 3.63) is 36.3 Å². The molecule has 1 aliphatic heterocycles. The summed E-state index contributed by atoms with van der Waals surface area (Å²) in [5.41, 5.74) is 1.38. The monoisotopic (exact) mass is 345 g/mol. The minimum Gasteiger partial charge on any atom is -0.378 e. The van der Waals surface area contributed by atoms with E-state index in [9.17, 15) is 9.18 Å². The number of hydrogen-bond acceptors (Lipinski definition) is 3. The van der Waals surface area contributed by atoms with E-state index in [1.807, 2.05) is 0 Å². The lowest BCUT2D eigenvalue weighted by atomic mass is 9.88. The third kappa shape index (κ3) is 4.25. The SMILES string of the molecule is CC(C)[C@@H]1C[C@H](CC(=O)Nc2cn[nH]c2-c2ccccc2F)CCO1. The van der Waals surface area contributed by atoms with E-state index in [4.69, 9.17) is 4.74 Å². The zero-order valence-corrected chi connectivity index (χ0v) is 14.6. The van der Waals surface area contributed by atoms with Gasteiger partial charge in [-0.25, -0.2) is 4.39 Å².